The van der Waals surface area contributed by atoms with E-state index >= 15 is 0 Å². The number of aliphatic hydroxyl groups excluding tert-OH is 5. The van der Waals surface area contributed by atoms with Crippen LogP contribution in [0, 0.1) is 10.7 Å². The number of aliphatic hydroxyl groups is 5. The number of ether oxygens (including phenoxy) is 9. The van der Waals surface area contributed by atoms with E-state index in [9.17, 15) is 28.8 Å². The Morgan fingerprint density at radius 1 is 0.379 bits per heavy atom. The van der Waals surface area contributed by atoms with Gasteiger partial charge in [-0.25, -0.2) is 24.0 Å². The van der Waals surface area contributed by atoms with Crippen molar-refractivity contribution in [2.75, 3.05) is 83.3 Å². The van der Waals surface area contributed by atoms with Gasteiger partial charge in [-0.3, -0.25) is 0 Å². The Hall–Kier alpha value is -6.36. The number of carbonyl (C=O) groups excluding carboxylic acids is 6. The van der Waals surface area contributed by atoms with Crippen molar-refractivity contribution in [3.05, 3.63) is 168 Å². The van der Waals surface area contributed by atoms with E-state index in [0.29, 0.717) is 53.7 Å². The summed E-state index contributed by atoms with van der Waals surface area (Å²) in [5, 5.41) is 66.6. The summed E-state index contributed by atoms with van der Waals surface area (Å²) < 4.78 is 62.1. The Kier molecular flexibility index (Phi) is 73.2. The summed E-state index contributed by atoms with van der Waals surface area (Å²) in [4.78, 5) is 66.4. The highest BCUT2D eigenvalue weighted by molar-refractivity contribution is 14.1. The maximum atomic E-state index is 11.7. The normalized spacial score (nSPS) is 12.4. The largest absolute Gasteiger partial charge is 0.507 e. The van der Waals surface area contributed by atoms with Gasteiger partial charge in [0.1, 0.15) is 89.5 Å². The molecule has 0 saturated carbocycles. The van der Waals surface area contributed by atoms with Gasteiger partial charge in [-0.15, -0.1) is 6.58 Å². The van der Waals surface area contributed by atoms with Gasteiger partial charge in [-0.1, -0.05) is 177 Å². The zero-order valence-corrected chi connectivity index (χ0v) is 95.5. The molecule has 0 bridgehead atoms. The Balaban J connectivity index is -0.000000463. The van der Waals surface area contributed by atoms with Crippen molar-refractivity contribution in [3.8, 4) is 28.7 Å². The fourth-order valence-corrected chi connectivity index (χ4v) is 11.9. The van der Waals surface area contributed by atoms with E-state index < -0.39 is 81.1 Å². The Bertz CT molecular complexity index is 3860. The molecule has 5 aromatic rings. The summed E-state index contributed by atoms with van der Waals surface area (Å²) in [5.41, 5.74) is -0.712. The molecule has 5 atom stereocenters. The molecule has 132 heavy (non-hydrogen) atoms. The molecule has 0 aromatic heterocycles. The van der Waals surface area contributed by atoms with Crippen LogP contribution >= 0.6 is 99.6 Å². The van der Waals surface area contributed by atoms with E-state index in [1.165, 1.54) is 0 Å². The second kappa shape index (κ2) is 72.0. The number of nitrogens with one attached hydrogen (secondary N) is 5. The van der Waals surface area contributed by atoms with Crippen LogP contribution in [0.25, 0.3) is 12.2 Å². The van der Waals surface area contributed by atoms with Gasteiger partial charge in [0.2, 0.25) is 0 Å². The molecular weight excluding hydrogens is 2200 g/mol. The standard InChI is InChI=1S/2C17H25NO4.C14H23IO2Si.C9H17NO2.C8H19BrOSi.C8H9IO2.C8H17NO3.C8H15NO3.C6H5IO.C2H5BrO/c2*1-13(18-16(20)22-17(2,3)4)9-10-14-7-5-6-8-15(14)21-12-11-19;1-14(2,3)18(4,5)17-11-10-16-13-9-7-6-8-12(13)15;1-6-7(2)10-8(11)12-9(3,4)5;1-8(2,3)11(4,5)10-7-6-9;9-7-3-1-2-4-8(7)11-6-5-10;2*1-6(5-10)9-7(11)12-8(2,3)4;7-5-3-1-2-4-6(5)8;3-1-2-4/h2*5-10,13,19H,11-12H2,1-4H3,(H,18,20);6-9H,10-11H2,1-5H3;6-7H,1H2,2-5H3,(H,10,11);6-7H2,1-5H3;1-4,10H,5-6H2;6,10H,5H2,1-4H3,(H,9,11);5-6H,1-4H3,(H,9,11);1-4,8H;4H,1-2H2/b2*10-9+;;;;;;;;/t2*13-;;7-;;;2*6-;;/m11.1..11../s1. The molecule has 0 saturated heterocycles. The predicted molar refractivity (Wildman–Crippen MR) is 572 cm³/mol. The van der Waals surface area contributed by atoms with Crippen molar-refractivity contribution in [1.29, 1.82) is 0 Å². The first-order valence-electron chi connectivity index (χ1n) is 43.3. The molecule has 754 valence electrons. The van der Waals surface area contributed by atoms with Crippen LogP contribution in [0.15, 0.2) is 146 Å². The molecule has 0 aliphatic rings. The van der Waals surface area contributed by atoms with Crippen LogP contribution in [0.1, 0.15) is 191 Å². The minimum atomic E-state index is -1.64. The third-order valence-electron chi connectivity index (χ3n) is 16.2. The molecule has 5 amide bonds. The molecular formula is C97H160Br2I3N5O23Si2. The average Bonchev–Trinajstić information content (AvgIpc) is 0.848. The van der Waals surface area contributed by atoms with Gasteiger partial charge >= 0.3 is 30.5 Å². The van der Waals surface area contributed by atoms with Crippen molar-refractivity contribution in [2.45, 2.75) is 274 Å². The summed E-state index contributed by atoms with van der Waals surface area (Å²) >= 11 is 12.9. The lowest BCUT2D eigenvalue weighted by Gasteiger charge is -2.36. The van der Waals surface area contributed by atoms with Crippen molar-refractivity contribution >= 4 is 165 Å². The number of benzene rings is 5. The topological polar surface area (TPSA) is 385 Å². The highest BCUT2D eigenvalue weighted by atomic mass is 127. The minimum Gasteiger partial charge on any atom is -0.507 e. The first-order valence-corrected chi connectivity index (χ1v) is 54.6. The number of alkyl halides is 2. The SMILES string of the molecule is C=C[C@@H](C)NC(=O)OC(C)(C)C.CC(C)(C)[Si](C)(C)OCCBr.CC(C)(C)[Si](C)(C)OCCOc1ccccc1I.C[C@H](/C=C/c1ccccc1OCCO)NC(=O)OC(C)(C)C.C[C@H](/C=C/c1ccccc1OCCO)NC(=O)OC(C)(C)C.C[C@H](C=O)NC(=O)OC(C)(C)C.C[C@H](CO)NC(=O)OC(C)(C)C.OCCBr.OCCOc1ccccc1I.Oc1ccccc1I. The van der Waals surface area contributed by atoms with Gasteiger partial charge in [0.05, 0.1) is 62.4 Å². The van der Waals surface area contributed by atoms with E-state index in [1.54, 1.807) is 73.6 Å². The van der Waals surface area contributed by atoms with Gasteiger partial charge in [-0.2, -0.15) is 0 Å². The van der Waals surface area contributed by atoms with E-state index in [-0.39, 0.29) is 75.5 Å². The Morgan fingerprint density at radius 2 is 0.652 bits per heavy atom. The molecule has 0 spiro atoms. The van der Waals surface area contributed by atoms with Crippen LogP contribution in [0.3, 0.4) is 0 Å². The van der Waals surface area contributed by atoms with Crippen molar-refractivity contribution in [1.82, 2.24) is 26.6 Å². The van der Waals surface area contributed by atoms with Gasteiger partial charge in [0.25, 0.3) is 0 Å². The number of aromatic hydroxyl groups is 1. The Labute approximate surface area is 849 Å². The first-order chi connectivity index (χ1) is 60.8. The van der Waals surface area contributed by atoms with Crippen molar-refractivity contribution < 1.29 is 111 Å². The van der Waals surface area contributed by atoms with Gasteiger partial charge in [0, 0.05) is 46.5 Å². The summed E-state index contributed by atoms with van der Waals surface area (Å²) in [5.74, 6) is 3.52. The number of aldehydes is 1. The molecule has 11 N–H and O–H groups in total. The number of halogens is 5. The van der Waals surface area contributed by atoms with Crippen LogP contribution in [-0.4, -0.2) is 226 Å². The lowest BCUT2D eigenvalue weighted by Crippen LogP contribution is -2.41. The van der Waals surface area contributed by atoms with Crippen LogP contribution in [0.4, 0.5) is 24.0 Å². The summed E-state index contributed by atoms with van der Waals surface area (Å²) in [6.07, 6.45) is 7.36. The van der Waals surface area contributed by atoms with Gasteiger partial charge in [0.15, 0.2) is 16.6 Å². The average molecular weight is 2360 g/mol. The number of hydrogen-bond donors (Lipinski definition) is 11. The lowest BCUT2D eigenvalue weighted by atomic mass is 10.1. The second-order valence-corrected chi connectivity index (χ2v) is 51.5. The maximum Gasteiger partial charge on any atom is 0.408 e. The number of hydrogen-bond acceptors (Lipinski definition) is 23. The van der Waals surface area contributed by atoms with Crippen molar-refractivity contribution in [2.24, 2.45) is 0 Å². The third kappa shape index (κ3) is 78.8. The van der Waals surface area contributed by atoms with Crippen LogP contribution in [-0.2, 0) is 37.3 Å². The molecule has 0 aliphatic carbocycles. The molecule has 0 aliphatic heterocycles. The summed E-state index contributed by atoms with van der Waals surface area (Å²) in [6.45, 7) is 65.1. The zero-order valence-electron chi connectivity index (χ0n) is 83.8. The molecule has 0 unspecified atom stereocenters. The molecule has 5 rings (SSSR count). The van der Waals surface area contributed by atoms with Gasteiger partial charge < -0.3 is 114 Å². The van der Waals surface area contributed by atoms with Crippen molar-refractivity contribution in [3.63, 3.8) is 0 Å². The molecule has 0 fully saturated rings. The van der Waals surface area contributed by atoms with E-state index in [2.05, 4.69) is 201 Å². The lowest BCUT2D eigenvalue weighted by molar-refractivity contribution is -0.109. The number of rotatable bonds is 30. The second-order valence-electron chi connectivity index (χ2n) is 36.8. The number of amides is 5. The fourth-order valence-electron chi connectivity index (χ4n) is 7.93. The highest BCUT2D eigenvalue weighted by Crippen LogP contribution is 2.38. The molecule has 0 radical (unpaired) electrons. The quantitative estimate of drug-likeness (QED) is 0.00387. The number of carbonyl (C=O) groups is 6. The van der Waals surface area contributed by atoms with Crippen LogP contribution in [0.2, 0.25) is 36.3 Å². The van der Waals surface area contributed by atoms with E-state index in [1.807, 2.05) is 217 Å². The summed E-state index contributed by atoms with van der Waals surface area (Å²) in [6, 6.07) is 36.8. The minimum absolute atomic E-state index is 0.0331. The van der Waals surface area contributed by atoms with E-state index in [4.69, 9.17) is 82.1 Å². The Morgan fingerprint density at radius 3 is 0.917 bits per heavy atom. The molecule has 0 heterocycles. The predicted octanol–water partition coefficient (Wildman–Crippen LogP) is 22.2. The maximum absolute atomic E-state index is 11.7. The number of phenolic OH excluding ortho intramolecular Hbond substituents is 1. The molecule has 5 aromatic carbocycles. The van der Waals surface area contributed by atoms with Gasteiger partial charge in [-0.05, 0) is 291 Å². The third-order valence-corrected chi connectivity index (χ3v) is 28.6. The van der Waals surface area contributed by atoms with Crippen LogP contribution < -0.4 is 45.5 Å². The number of para-hydroxylation sites is 5. The number of alkyl carbamates (subject to hydrolysis) is 5. The zero-order chi connectivity index (χ0) is 103. The highest BCUT2D eigenvalue weighted by Gasteiger charge is 2.38. The number of phenols is 1. The molecule has 35 heteroatoms. The smallest absolute Gasteiger partial charge is 0.408 e. The first kappa shape index (κ1) is 134. The van der Waals surface area contributed by atoms with E-state index in [0.717, 1.165) is 45.3 Å². The monoisotopic (exact) mass is 2360 g/mol. The fraction of sp³-hybridized carbons (Fsp3) is 0.567. The molecule has 28 nitrogen and oxygen atoms in total. The van der Waals surface area contributed by atoms with Crippen LogP contribution in [0.5, 0.6) is 28.7 Å². The summed E-state index contributed by atoms with van der Waals surface area (Å²) in [7, 11) is -3.09.